The highest BCUT2D eigenvalue weighted by molar-refractivity contribution is 5.85. The van der Waals surface area contributed by atoms with Gasteiger partial charge >= 0.3 is 0 Å². The molecule has 1 unspecified atom stereocenters. The summed E-state index contributed by atoms with van der Waals surface area (Å²) in [7, 11) is 1.95. The molecule has 1 saturated carbocycles. The summed E-state index contributed by atoms with van der Waals surface area (Å²) in [4.78, 5) is 4.60. The van der Waals surface area contributed by atoms with Crippen molar-refractivity contribution in [1.82, 2.24) is 20.1 Å². The van der Waals surface area contributed by atoms with E-state index in [1.165, 1.54) is 25.9 Å². The summed E-state index contributed by atoms with van der Waals surface area (Å²) in [5.41, 5.74) is 3.33. The number of hydrogen-bond acceptors (Lipinski definition) is 4. The SMILES string of the molecule is Cc1nn(C)cc1-c1ccc(NC2C[C@H]3CNC[C@H]3C2)nc1.Cl.Cl. The van der Waals surface area contributed by atoms with Gasteiger partial charge in [0.15, 0.2) is 0 Å². The van der Waals surface area contributed by atoms with Gasteiger partial charge in [0.2, 0.25) is 0 Å². The molecule has 1 aliphatic carbocycles. The maximum absolute atomic E-state index is 4.60. The van der Waals surface area contributed by atoms with Gasteiger partial charge in [0.05, 0.1) is 5.69 Å². The van der Waals surface area contributed by atoms with Crippen LogP contribution in [0.15, 0.2) is 24.5 Å². The van der Waals surface area contributed by atoms with E-state index in [4.69, 9.17) is 0 Å². The largest absolute Gasteiger partial charge is 0.367 e. The van der Waals surface area contributed by atoms with Crippen molar-refractivity contribution >= 4 is 30.6 Å². The average molecular weight is 370 g/mol. The molecule has 7 heteroatoms. The molecule has 2 aliphatic rings. The molecule has 1 aliphatic heterocycles. The van der Waals surface area contributed by atoms with Crippen LogP contribution in [0.3, 0.4) is 0 Å². The molecule has 132 valence electrons. The predicted octanol–water partition coefficient (Wildman–Crippen LogP) is 3.04. The van der Waals surface area contributed by atoms with E-state index in [0.717, 1.165) is 34.5 Å². The van der Waals surface area contributed by atoms with Crippen LogP contribution in [0, 0.1) is 18.8 Å². The number of aromatic nitrogens is 3. The second-order valence-electron chi connectivity index (χ2n) is 6.73. The van der Waals surface area contributed by atoms with Crippen molar-refractivity contribution in [3.63, 3.8) is 0 Å². The molecule has 2 N–H and O–H groups in total. The van der Waals surface area contributed by atoms with Crippen LogP contribution in [0.5, 0.6) is 0 Å². The van der Waals surface area contributed by atoms with E-state index in [1.807, 2.05) is 31.0 Å². The van der Waals surface area contributed by atoms with Gasteiger partial charge in [-0.2, -0.15) is 5.10 Å². The second-order valence-corrected chi connectivity index (χ2v) is 6.73. The Labute approximate surface area is 155 Å². The number of nitrogens with zero attached hydrogens (tertiary/aromatic N) is 3. The van der Waals surface area contributed by atoms with Crippen LogP contribution in [-0.4, -0.2) is 33.9 Å². The van der Waals surface area contributed by atoms with E-state index in [1.54, 1.807) is 0 Å². The van der Waals surface area contributed by atoms with Crippen molar-refractivity contribution in [2.24, 2.45) is 18.9 Å². The Kier molecular flexibility index (Phi) is 6.12. The minimum Gasteiger partial charge on any atom is -0.367 e. The Bertz CT molecular complexity index is 658. The minimum atomic E-state index is 0. The molecule has 3 heterocycles. The van der Waals surface area contributed by atoms with Crippen molar-refractivity contribution in [1.29, 1.82) is 0 Å². The first-order valence-electron chi connectivity index (χ1n) is 8.13. The average Bonchev–Trinajstić information content (AvgIpc) is 3.15. The molecule has 0 bridgehead atoms. The smallest absolute Gasteiger partial charge is 0.126 e. The summed E-state index contributed by atoms with van der Waals surface area (Å²) >= 11 is 0. The molecule has 3 atom stereocenters. The lowest BCUT2D eigenvalue weighted by Crippen LogP contribution is -2.20. The van der Waals surface area contributed by atoms with Gasteiger partial charge in [-0.05, 0) is 56.8 Å². The zero-order chi connectivity index (χ0) is 15.1. The van der Waals surface area contributed by atoms with Crippen LogP contribution in [0.25, 0.3) is 11.1 Å². The number of halogens is 2. The second kappa shape index (κ2) is 7.72. The van der Waals surface area contributed by atoms with E-state index in [0.29, 0.717) is 6.04 Å². The highest BCUT2D eigenvalue weighted by Gasteiger charge is 2.37. The Hall–Kier alpha value is -1.30. The number of aryl methyl sites for hydroxylation is 2. The molecule has 0 amide bonds. The van der Waals surface area contributed by atoms with Crippen LogP contribution >= 0.6 is 24.8 Å². The first-order chi connectivity index (χ1) is 10.7. The van der Waals surface area contributed by atoms with Crippen molar-refractivity contribution < 1.29 is 0 Å². The van der Waals surface area contributed by atoms with Gasteiger partial charge in [0, 0.05) is 36.6 Å². The summed E-state index contributed by atoms with van der Waals surface area (Å²) in [6.45, 7) is 4.41. The van der Waals surface area contributed by atoms with Gasteiger partial charge in [-0.3, -0.25) is 4.68 Å². The van der Waals surface area contributed by atoms with Crippen LogP contribution in [0.2, 0.25) is 0 Å². The fourth-order valence-corrected chi connectivity index (χ4v) is 4.01. The monoisotopic (exact) mass is 369 g/mol. The third kappa shape index (κ3) is 3.68. The van der Waals surface area contributed by atoms with E-state index in [2.05, 4.69) is 32.8 Å². The van der Waals surface area contributed by atoms with Gasteiger partial charge in [-0.1, -0.05) is 0 Å². The van der Waals surface area contributed by atoms with Crippen molar-refractivity contribution in [3.8, 4) is 11.1 Å². The number of anilines is 1. The molecule has 0 spiro atoms. The van der Waals surface area contributed by atoms with Crippen LogP contribution < -0.4 is 10.6 Å². The molecular formula is C17H25Cl2N5. The van der Waals surface area contributed by atoms with Gasteiger partial charge < -0.3 is 10.6 Å². The number of fused-ring (bicyclic) bond motifs is 1. The Morgan fingerprint density at radius 2 is 1.88 bits per heavy atom. The summed E-state index contributed by atoms with van der Waals surface area (Å²) in [6, 6.07) is 4.81. The predicted molar refractivity (Wildman–Crippen MR) is 102 cm³/mol. The number of rotatable bonds is 3. The maximum Gasteiger partial charge on any atom is 0.126 e. The fraction of sp³-hybridized carbons (Fsp3) is 0.529. The van der Waals surface area contributed by atoms with E-state index in [-0.39, 0.29) is 24.8 Å². The minimum absolute atomic E-state index is 0. The maximum atomic E-state index is 4.60. The third-order valence-electron chi connectivity index (χ3n) is 5.09. The molecule has 24 heavy (non-hydrogen) atoms. The lowest BCUT2D eigenvalue weighted by Gasteiger charge is -2.14. The Morgan fingerprint density at radius 3 is 2.42 bits per heavy atom. The van der Waals surface area contributed by atoms with Gasteiger partial charge in [0.25, 0.3) is 0 Å². The molecule has 1 saturated heterocycles. The molecule has 2 aromatic heterocycles. The molecule has 0 aromatic carbocycles. The molecular weight excluding hydrogens is 345 g/mol. The summed E-state index contributed by atoms with van der Waals surface area (Å²) in [6.07, 6.45) is 6.53. The molecule has 0 radical (unpaired) electrons. The van der Waals surface area contributed by atoms with Crippen molar-refractivity contribution in [3.05, 3.63) is 30.2 Å². The zero-order valence-corrected chi connectivity index (χ0v) is 15.7. The van der Waals surface area contributed by atoms with Crippen molar-refractivity contribution in [2.45, 2.75) is 25.8 Å². The van der Waals surface area contributed by atoms with Crippen molar-refractivity contribution in [2.75, 3.05) is 18.4 Å². The number of nitrogens with one attached hydrogen (secondary N) is 2. The first kappa shape index (κ1) is 19.0. The lowest BCUT2D eigenvalue weighted by molar-refractivity contribution is 0.494. The normalized spacial score (nSPS) is 24.8. The third-order valence-corrected chi connectivity index (χ3v) is 5.09. The van der Waals surface area contributed by atoms with E-state index < -0.39 is 0 Å². The van der Waals surface area contributed by atoms with Gasteiger partial charge in [-0.15, -0.1) is 24.8 Å². The lowest BCUT2D eigenvalue weighted by atomic mass is 10.0. The molecule has 5 nitrogen and oxygen atoms in total. The van der Waals surface area contributed by atoms with Crippen LogP contribution in [0.4, 0.5) is 5.82 Å². The molecule has 2 aromatic rings. The Morgan fingerprint density at radius 1 is 1.17 bits per heavy atom. The van der Waals surface area contributed by atoms with Crippen LogP contribution in [-0.2, 0) is 7.05 Å². The molecule has 2 fully saturated rings. The van der Waals surface area contributed by atoms with Gasteiger partial charge in [-0.25, -0.2) is 4.98 Å². The highest BCUT2D eigenvalue weighted by atomic mass is 35.5. The first-order valence-corrected chi connectivity index (χ1v) is 8.13. The highest BCUT2D eigenvalue weighted by Crippen LogP contribution is 2.35. The van der Waals surface area contributed by atoms with E-state index >= 15 is 0 Å². The number of pyridine rings is 1. The van der Waals surface area contributed by atoms with Crippen LogP contribution in [0.1, 0.15) is 18.5 Å². The summed E-state index contributed by atoms with van der Waals surface area (Å²) in [5, 5.41) is 11.5. The fourth-order valence-electron chi connectivity index (χ4n) is 4.01. The molecule has 4 rings (SSSR count). The van der Waals surface area contributed by atoms with E-state index in [9.17, 15) is 0 Å². The topological polar surface area (TPSA) is 54.8 Å². The summed E-state index contributed by atoms with van der Waals surface area (Å²) in [5.74, 6) is 2.70. The standard InChI is InChI=1S/C17H23N5.2ClH/c1-11-16(10-22(2)21-11)12-3-4-17(19-9-12)20-15-5-13-7-18-8-14(13)6-15;;/h3-4,9-10,13-15,18H,5-8H2,1-2H3,(H,19,20);2*1H/t13-,14+,15?;;. The summed E-state index contributed by atoms with van der Waals surface area (Å²) < 4.78 is 1.85. The zero-order valence-electron chi connectivity index (χ0n) is 14.0. The number of hydrogen-bond donors (Lipinski definition) is 2. The quantitative estimate of drug-likeness (QED) is 0.872. The Balaban J connectivity index is 0.00000104. The van der Waals surface area contributed by atoms with Gasteiger partial charge in [0.1, 0.15) is 5.82 Å².